The van der Waals surface area contributed by atoms with Crippen LogP contribution in [-0.2, 0) is 0 Å². The summed E-state index contributed by atoms with van der Waals surface area (Å²) in [7, 11) is 1.42. The average Bonchev–Trinajstić information content (AvgIpc) is 2.96. The van der Waals surface area contributed by atoms with E-state index in [9.17, 15) is 23.1 Å². The van der Waals surface area contributed by atoms with Crippen LogP contribution in [0.4, 0.5) is 19.0 Å². The standard InChI is InChI=1S/C15H14F3N3O3/c1-24-11-5-3-2-4-8(11)10-6-12(15(16,17)18)21-13(20-10)9(7-19-21)14(22)23/h2-5,7,10,12,20H,6H2,1H3,(H,22,23)/p-1/t10-,12+/m0/s1. The third-order valence-corrected chi connectivity index (χ3v) is 3.97. The van der Waals surface area contributed by atoms with Crippen LogP contribution in [0.25, 0.3) is 0 Å². The van der Waals surface area contributed by atoms with Crippen LogP contribution in [0, 0.1) is 0 Å². The fourth-order valence-electron chi connectivity index (χ4n) is 2.87. The van der Waals surface area contributed by atoms with Gasteiger partial charge < -0.3 is 20.0 Å². The van der Waals surface area contributed by atoms with Crippen LogP contribution >= 0.6 is 0 Å². The molecule has 1 aliphatic rings. The third kappa shape index (κ3) is 2.66. The van der Waals surface area contributed by atoms with Crippen molar-refractivity contribution in [2.24, 2.45) is 0 Å². The van der Waals surface area contributed by atoms with E-state index in [4.69, 9.17) is 4.74 Å². The average molecular weight is 340 g/mol. The van der Waals surface area contributed by atoms with E-state index in [0.717, 1.165) is 6.20 Å². The maximum absolute atomic E-state index is 13.4. The minimum absolute atomic E-state index is 0.223. The SMILES string of the molecule is COc1ccccc1[C@@H]1C[C@H](C(F)(F)F)n2ncc(C(=O)[O-])c2N1. The molecule has 0 radical (unpaired) electrons. The van der Waals surface area contributed by atoms with Crippen molar-refractivity contribution in [3.05, 3.63) is 41.6 Å². The number of carbonyl (C=O) groups excluding carboxylic acids is 1. The second kappa shape index (κ2) is 5.73. The van der Waals surface area contributed by atoms with E-state index in [2.05, 4.69) is 10.4 Å². The van der Waals surface area contributed by atoms with Crippen molar-refractivity contribution in [3.8, 4) is 5.75 Å². The molecule has 3 rings (SSSR count). The second-order valence-electron chi connectivity index (χ2n) is 5.37. The molecule has 0 spiro atoms. The number of carboxylic acid groups (broad SMARTS) is 1. The molecule has 9 heteroatoms. The molecule has 0 saturated carbocycles. The lowest BCUT2D eigenvalue weighted by atomic mass is 9.96. The molecule has 1 aromatic heterocycles. The van der Waals surface area contributed by atoms with E-state index in [1.165, 1.54) is 7.11 Å². The highest BCUT2D eigenvalue weighted by Crippen LogP contribution is 2.45. The maximum atomic E-state index is 13.4. The van der Waals surface area contributed by atoms with Gasteiger partial charge in [0, 0.05) is 12.0 Å². The van der Waals surface area contributed by atoms with Crippen LogP contribution in [-0.4, -0.2) is 29.0 Å². The number of para-hydroxylation sites is 1. The van der Waals surface area contributed by atoms with Gasteiger partial charge in [-0.15, -0.1) is 0 Å². The Morgan fingerprint density at radius 1 is 1.42 bits per heavy atom. The highest BCUT2D eigenvalue weighted by molar-refractivity contribution is 5.91. The Morgan fingerprint density at radius 3 is 2.75 bits per heavy atom. The number of methoxy groups -OCH3 is 1. The number of nitrogens with zero attached hydrogens (tertiary/aromatic N) is 2. The molecule has 1 aliphatic heterocycles. The molecule has 1 aromatic carbocycles. The van der Waals surface area contributed by atoms with Gasteiger partial charge in [-0.1, -0.05) is 18.2 Å². The Hall–Kier alpha value is -2.71. The number of aromatic carboxylic acids is 1. The lowest BCUT2D eigenvalue weighted by Gasteiger charge is -2.34. The van der Waals surface area contributed by atoms with Gasteiger partial charge in [0.15, 0.2) is 6.04 Å². The zero-order valence-corrected chi connectivity index (χ0v) is 12.5. The normalized spacial score (nSPS) is 20.2. The predicted molar refractivity (Wildman–Crippen MR) is 75.6 cm³/mol. The number of anilines is 1. The molecule has 2 aromatic rings. The number of benzene rings is 1. The Labute approximate surface area is 134 Å². The van der Waals surface area contributed by atoms with E-state index in [1.54, 1.807) is 24.3 Å². The van der Waals surface area contributed by atoms with Crippen LogP contribution in [0.1, 0.15) is 34.4 Å². The molecular formula is C15H13F3N3O3-. The van der Waals surface area contributed by atoms with Gasteiger partial charge >= 0.3 is 6.18 Å². The summed E-state index contributed by atoms with van der Waals surface area (Å²) in [6.45, 7) is 0. The Balaban J connectivity index is 2.09. The van der Waals surface area contributed by atoms with Gasteiger partial charge in [0.1, 0.15) is 11.6 Å². The number of rotatable bonds is 3. The largest absolute Gasteiger partial charge is 0.545 e. The molecule has 0 fully saturated rings. The summed E-state index contributed by atoms with van der Waals surface area (Å²) < 4.78 is 46.1. The number of fused-ring (bicyclic) bond motifs is 1. The quantitative estimate of drug-likeness (QED) is 0.923. The first-order valence-electron chi connectivity index (χ1n) is 7.08. The van der Waals surface area contributed by atoms with Gasteiger partial charge in [-0.25, -0.2) is 4.68 Å². The number of hydrogen-bond acceptors (Lipinski definition) is 5. The smallest absolute Gasteiger partial charge is 0.410 e. The van der Waals surface area contributed by atoms with Crippen molar-refractivity contribution >= 4 is 11.8 Å². The molecule has 0 bridgehead atoms. The number of aromatic nitrogens is 2. The van der Waals surface area contributed by atoms with Crippen LogP contribution < -0.4 is 15.2 Å². The first-order valence-corrected chi connectivity index (χ1v) is 7.08. The van der Waals surface area contributed by atoms with Gasteiger partial charge in [0.05, 0.1) is 30.9 Å². The Bertz CT molecular complexity index is 773. The molecule has 6 nitrogen and oxygen atoms in total. The van der Waals surface area contributed by atoms with E-state index < -0.39 is 29.8 Å². The predicted octanol–water partition coefficient (Wildman–Crippen LogP) is 1.92. The molecule has 2 heterocycles. The van der Waals surface area contributed by atoms with Crippen molar-refractivity contribution < 1.29 is 27.8 Å². The van der Waals surface area contributed by atoms with Crippen molar-refractivity contribution in [3.63, 3.8) is 0 Å². The van der Waals surface area contributed by atoms with Gasteiger partial charge in [-0.2, -0.15) is 18.3 Å². The summed E-state index contributed by atoms with van der Waals surface area (Å²) >= 11 is 0. The number of carbonyl (C=O) groups is 1. The second-order valence-corrected chi connectivity index (χ2v) is 5.37. The Morgan fingerprint density at radius 2 is 2.12 bits per heavy atom. The van der Waals surface area contributed by atoms with Gasteiger partial charge in [0.25, 0.3) is 0 Å². The molecule has 0 amide bonds. The van der Waals surface area contributed by atoms with Crippen LogP contribution in [0.3, 0.4) is 0 Å². The number of nitrogens with one attached hydrogen (secondary N) is 1. The van der Waals surface area contributed by atoms with Crippen LogP contribution in [0.5, 0.6) is 5.75 Å². The van der Waals surface area contributed by atoms with Gasteiger partial charge in [-0.3, -0.25) is 0 Å². The van der Waals surface area contributed by atoms with Crippen molar-refractivity contribution in [1.29, 1.82) is 0 Å². The summed E-state index contributed by atoms with van der Waals surface area (Å²) in [5.74, 6) is -1.40. The van der Waals surface area contributed by atoms with E-state index in [0.29, 0.717) is 16.0 Å². The number of halogens is 3. The maximum Gasteiger partial charge on any atom is 0.410 e. The molecule has 0 saturated heterocycles. The fourth-order valence-corrected chi connectivity index (χ4v) is 2.87. The monoisotopic (exact) mass is 340 g/mol. The summed E-state index contributed by atoms with van der Waals surface area (Å²) in [6.07, 6.45) is -4.06. The molecular weight excluding hydrogens is 327 g/mol. The van der Waals surface area contributed by atoms with E-state index in [1.807, 2.05) is 0 Å². The highest BCUT2D eigenvalue weighted by atomic mass is 19.4. The zero-order valence-electron chi connectivity index (χ0n) is 12.5. The summed E-state index contributed by atoms with van der Waals surface area (Å²) in [5.41, 5.74) is 0.0924. The van der Waals surface area contributed by atoms with Crippen LogP contribution in [0.15, 0.2) is 30.5 Å². The number of alkyl halides is 3. The van der Waals surface area contributed by atoms with Crippen LogP contribution in [0.2, 0.25) is 0 Å². The number of hydrogen-bond donors (Lipinski definition) is 1. The molecule has 24 heavy (non-hydrogen) atoms. The molecule has 0 unspecified atom stereocenters. The lowest BCUT2D eigenvalue weighted by molar-refractivity contribution is -0.255. The minimum atomic E-state index is -4.58. The summed E-state index contributed by atoms with van der Waals surface area (Å²) in [4.78, 5) is 11.1. The van der Waals surface area contributed by atoms with E-state index in [-0.39, 0.29) is 12.2 Å². The Kier molecular flexibility index (Phi) is 3.86. The molecule has 1 N–H and O–H groups in total. The van der Waals surface area contributed by atoms with Gasteiger partial charge in [0.2, 0.25) is 0 Å². The summed E-state index contributed by atoms with van der Waals surface area (Å²) in [6, 6.07) is 3.91. The molecule has 2 atom stereocenters. The fraction of sp³-hybridized carbons (Fsp3) is 0.333. The third-order valence-electron chi connectivity index (χ3n) is 3.97. The van der Waals surface area contributed by atoms with Crippen molar-refractivity contribution in [1.82, 2.24) is 9.78 Å². The molecule has 128 valence electrons. The first kappa shape index (κ1) is 16.2. The molecule has 0 aliphatic carbocycles. The summed E-state index contributed by atoms with van der Waals surface area (Å²) in [5, 5.41) is 17.5. The van der Waals surface area contributed by atoms with E-state index >= 15 is 0 Å². The lowest BCUT2D eigenvalue weighted by Crippen LogP contribution is -2.36. The first-order chi connectivity index (χ1) is 11.3. The number of ether oxygens (including phenoxy) is 1. The minimum Gasteiger partial charge on any atom is -0.545 e. The van der Waals surface area contributed by atoms with Crippen molar-refractivity contribution in [2.45, 2.75) is 24.7 Å². The highest BCUT2D eigenvalue weighted by Gasteiger charge is 2.47. The topological polar surface area (TPSA) is 79.2 Å². The number of carboxylic acids is 1. The van der Waals surface area contributed by atoms with Gasteiger partial charge in [-0.05, 0) is 6.07 Å². The van der Waals surface area contributed by atoms with Crippen molar-refractivity contribution in [2.75, 3.05) is 12.4 Å². The zero-order chi connectivity index (χ0) is 17.5.